The highest BCUT2D eigenvalue weighted by molar-refractivity contribution is 6.01. The molecule has 2 amide bonds. The van der Waals surface area contributed by atoms with Gasteiger partial charge in [-0.1, -0.05) is 38.1 Å². The van der Waals surface area contributed by atoms with Gasteiger partial charge in [-0.25, -0.2) is 0 Å². The Labute approximate surface area is 218 Å². The number of benzene rings is 2. The number of aromatic amines is 1. The molecule has 0 aliphatic carbocycles. The topological polar surface area (TPSA) is 74.9 Å². The Morgan fingerprint density at radius 3 is 2.59 bits per heavy atom. The summed E-state index contributed by atoms with van der Waals surface area (Å²) in [5.41, 5.74) is 2.79. The molecule has 2 aromatic carbocycles. The summed E-state index contributed by atoms with van der Waals surface area (Å²) in [6.45, 7) is 11.7. The maximum atomic E-state index is 14.1. The monoisotopic (exact) mass is 503 g/mol. The molecule has 2 aliphatic heterocycles. The van der Waals surface area contributed by atoms with Gasteiger partial charge in [0.1, 0.15) is 6.54 Å². The van der Waals surface area contributed by atoms with Crippen LogP contribution in [0.15, 0.2) is 42.5 Å². The van der Waals surface area contributed by atoms with Crippen LogP contribution >= 0.6 is 0 Å². The van der Waals surface area contributed by atoms with Crippen LogP contribution < -0.4 is 9.47 Å². The number of rotatable bonds is 8. The lowest BCUT2D eigenvalue weighted by Crippen LogP contribution is -2.68. The summed E-state index contributed by atoms with van der Waals surface area (Å²) in [5.74, 6) is 1.26. The fraction of sp³-hybridized carbons (Fsp3) is 0.467. The lowest BCUT2D eigenvalue weighted by molar-refractivity contribution is -0.168. The van der Waals surface area contributed by atoms with E-state index in [1.54, 1.807) is 9.80 Å². The van der Waals surface area contributed by atoms with E-state index < -0.39 is 5.54 Å². The van der Waals surface area contributed by atoms with Gasteiger partial charge in [0.25, 0.3) is 5.91 Å². The van der Waals surface area contributed by atoms with Crippen molar-refractivity contribution in [2.45, 2.75) is 65.0 Å². The smallest absolute Gasteiger partial charge is 0.255 e. The molecule has 3 atom stereocenters. The lowest BCUT2D eigenvalue weighted by Gasteiger charge is -2.52. The molecule has 7 heteroatoms. The van der Waals surface area contributed by atoms with Crippen LogP contribution in [0.25, 0.3) is 10.9 Å². The highest BCUT2D eigenvalue weighted by Gasteiger charge is 2.56. The molecule has 0 saturated carbocycles. The molecular weight excluding hydrogens is 466 g/mol. The zero-order valence-corrected chi connectivity index (χ0v) is 22.5. The first-order valence-corrected chi connectivity index (χ1v) is 13.5. The van der Waals surface area contributed by atoms with Gasteiger partial charge in [-0.3, -0.25) is 9.59 Å². The number of hydrogen-bond acceptors (Lipinski definition) is 4. The largest absolute Gasteiger partial charge is 0.490 e. The third-order valence-corrected chi connectivity index (χ3v) is 8.03. The number of hydrogen-bond donors (Lipinski definition) is 1. The lowest BCUT2D eigenvalue weighted by atomic mass is 9.76. The zero-order valence-electron chi connectivity index (χ0n) is 22.5. The zero-order chi connectivity index (χ0) is 26.3. The summed E-state index contributed by atoms with van der Waals surface area (Å²) >= 11 is 0. The number of piperazine rings is 1. The molecule has 0 bridgehead atoms. The van der Waals surface area contributed by atoms with Crippen LogP contribution in [0.5, 0.6) is 11.5 Å². The molecule has 196 valence electrons. The van der Waals surface area contributed by atoms with Crippen molar-refractivity contribution in [1.29, 1.82) is 0 Å². The maximum Gasteiger partial charge on any atom is 0.255 e. The van der Waals surface area contributed by atoms with Crippen molar-refractivity contribution in [2.24, 2.45) is 0 Å². The van der Waals surface area contributed by atoms with Crippen molar-refractivity contribution in [3.63, 3.8) is 0 Å². The van der Waals surface area contributed by atoms with Gasteiger partial charge in [0.05, 0.1) is 18.9 Å². The Morgan fingerprint density at radius 2 is 1.86 bits per heavy atom. The molecular formula is C30H37N3O4. The minimum Gasteiger partial charge on any atom is -0.490 e. The average Bonchev–Trinajstić information content (AvgIpc) is 3.30. The molecule has 7 nitrogen and oxygen atoms in total. The fourth-order valence-electron chi connectivity index (χ4n) is 5.85. The summed E-state index contributed by atoms with van der Waals surface area (Å²) in [6, 6.07) is 14.2. The average molecular weight is 504 g/mol. The van der Waals surface area contributed by atoms with E-state index in [0.29, 0.717) is 25.5 Å². The number of fused-ring (bicyclic) bond motifs is 5. The molecule has 0 spiro atoms. The van der Waals surface area contributed by atoms with Crippen LogP contribution in [-0.4, -0.2) is 58.9 Å². The second kappa shape index (κ2) is 9.77. The van der Waals surface area contributed by atoms with Crippen molar-refractivity contribution in [3.05, 3.63) is 59.3 Å². The summed E-state index contributed by atoms with van der Waals surface area (Å²) < 4.78 is 11.9. The van der Waals surface area contributed by atoms with Crippen molar-refractivity contribution in [2.75, 3.05) is 26.3 Å². The normalized spacial score (nSPS) is 22.1. The predicted molar refractivity (Wildman–Crippen MR) is 144 cm³/mol. The molecule has 2 aliphatic rings. The summed E-state index contributed by atoms with van der Waals surface area (Å²) in [5, 5.41) is 1.08. The van der Waals surface area contributed by atoms with E-state index in [9.17, 15) is 9.59 Å². The first kappa shape index (κ1) is 25.2. The fourth-order valence-corrected chi connectivity index (χ4v) is 5.85. The van der Waals surface area contributed by atoms with Gasteiger partial charge in [-0.2, -0.15) is 0 Å². The van der Waals surface area contributed by atoms with E-state index in [0.717, 1.165) is 46.3 Å². The first-order valence-electron chi connectivity index (χ1n) is 13.5. The Kier molecular flexibility index (Phi) is 6.65. The van der Waals surface area contributed by atoms with Crippen LogP contribution in [0.3, 0.4) is 0 Å². The van der Waals surface area contributed by atoms with Gasteiger partial charge < -0.3 is 24.3 Å². The summed E-state index contributed by atoms with van der Waals surface area (Å²) in [4.78, 5) is 34.8. The molecule has 1 saturated heterocycles. The van der Waals surface area contributed by atoms with Crippen LogP contribution in [0.1, 0.15) is 70.2 Å². The first-order chi connectivity index (χ1) is 17.8. The second-order valence-electron chi connectivity index (χ2n) is 10.3. The summed E-state index contributed by atoms with van der Waals surface area (Å²) in [7, 11) is 0. The van der Waals surface area contributed by atoms with Gasteiger partial charge in [-0.15, -0.1) is 0 Å². The number of para-hydroxylation sites is 1. The van der Waals surface area contributed by atoms with Crippen LogP contribution in [0.2, 0.25) is 0 Å². The van der Waals surface area contributed by atoms with E-state index in [-0.39, 0.29) is 30.3 Å². The van der Waals surface area contributed by atoms with E-state index in [2.05, 4.69) is 24.0 Å². The number of carbonyl (C=O) groups excluding carboxylic acids is 2. The Bertz CT molecular complexity index is 1330. The third kappa shape index (κ3) is 3.95. The number of amides is 2. The third-order valence-electron chi connectivity index (χ3n) is 8.03. The van der Waals surface area contributed by atoms with Crippen molar-refractivity contribution >= 4 is 22.7 Å². The van der Waals surface area contributed by atoms with Crippen molar-refractivity contribution in [1.82, 2.24) is 14.8 Å². The molecule has 0 unspecified atom stereocenters. The van der Waals surface area contributed by atoms with Crippen LogP contribution in [0, 0.1) is 0 Å². The second-order valence-corrected chi connectivity index (χ2v) is 10.3. The van der Waals surface area contributed by atoms with Crippen molar-refractivity contribution in [3.8, 4) is 11.5 Å². The molecule has 5 rings (SSSR count). The van der Waals surface area contributed by atoms with Crippen LogP contribution in [0.4, 0.5) is 0 Å². The van der Waals surface area contributed by atoms with Crippen molar-refractivity contribution < 1.29 is 19.1 Å². The Morgan fingerprint density at radius 1 is 1.08 bits per heavy atom. The molecule has 3 heterocycles. The van der Waals surface area contributed by atoms with Crippen LogP contribution in [-0.2, 0) is 15.1 Å². The van der Waals surface area contributed by atoms with Gasteiger partial charge in [-0.05, 0) is 62.9 Å². The van der Waals surface area contributed by atoms with Gasteiger partial charge in [0, 0.05) is 29.4 Å². The maximum absolute atomic E-state index is 14.1. The SMILES string of the molecule is CCCOc1ccc([C@H]2CN3C(=O)CN([C@H](C)CC)C(=O)[C@]3(C)c3[nH]c4ccccc4c32)cc1OCC. The number of carbonyl (C=O) groups is 2. The highest BCUT2D eigenvalue weighted by Crippen LogP contribution is 2.49. The molecule has 1 aromatic heterocycles. The molecule has 3 aromatic rings. The summed E-state index contributed by atoms with van der Waals surface area (Å²) in [6.07, 6.45) is 1.70. The van der Waals surface area contributed by atoms with E-state index in [4.69, 9.17) is 9.47 Å². The minimum absolute atomic E-state index is 0.00890. The number of nitrogens with zero attached hydrogens (tertiary/aromatic N) is 2. The number of nitrogens with one attached hydrogen (secondary N) is 1. The molecule has 1 fully saturated rings. The van der Waals surface area contributed by atoms with E-state index >= 15 is 0 Å². The Balaban J connectivity index is 1.69. The van der Waals surface area contributed by atoms with E-state index in [1.165, 1.54) is 0 Å². The van der Waals surface area contributed by atoms with Gasteiger partial charge in [0.2, 0.25) is 5.91 Å². The minimum atomic E-state index is -1.09. The Hall–Kier alpha value is -3.48. The predicted octanol–water partition coefficient (Wildman–Crippen LogP) is 5.19. The number of H-pyrrole nitrogens is 1. The van der Waals surface area contributed by atoms with Gasteiger partial charge >= 0.3 is 0 Å². The standard InChI is InChI=1S/C30H37N3O4/c1-6-15-37-24-14-13-20(16-25(24)36-8-3)22-17-33-26(34)18-32(19(4)7-2)29(35)30(33,5)28-27(22)21-11-9-10-12-23(21)31-28/h9-14,16,19,22,31H,6-8,15,17-18H2,1-5H3/t19-,22-,30+/m1/s1. The number of ether oxygens (including phenoxy) is 2. The molecule has 1 N–H and O–H groups in total. The highest BCUT2D eigenvalue weighted by atomic mass is 16.5. The van der Waals surface area contributed by atoms with E-state index in [1.807, 2.05) is 58.0 Å². The van der Waals surface area contributed by atoms with Gasteiger partial charge in [0.15, 0.2) is 17.0 Å². The molecule has 0 radical (unpaired) electrons. The quantitative estimate of drug-likeness (QED) is 0.459. The molecule has 37 heavy (non-hydrogen) atoms. The number of aromatic nitrogens is 1.